The van der Waals surface area contributed by atoms with Crippen LogP contribution in [0.2, 0.25) is 0 Å². The number of aromatic amines is 1. The number of rotatable bonds is 6. The van der Waals surface area contributed by atoms with Gasteiger partial charge >= 0.3 is 0 Å². The van der Waals surface area contributed by atoms with E-state index >= 15 is 0 Å². The van der Waals surface area contributed by atoms with Gasteiger partial charge in [0, 0.05) is 32.1 Å². The fourth-order valence-electron chi connectivity index (χ4n) is 1.62. The normalized spacial score (nSPS) is 10.3. The Bertz CT molecular complexity index is 467. The predicted molar refractivity (Wildman–Crippen MR) is 73.0 cm³/mol. The second kappa shape index (κ2) is 6.02. The smallest absolute Gasteiger partial charge is 0.135 e. The Labute approximate surface area is 106 Å². The summed E-state index contributed by atoms with van der Waals surface area (Å²) in [6, 6.07) is 3.86. The van der Waals surface area contributed by atoms with Gasteiger partial charge in [-0.25, -0.2) is 9.97 Å². The van der Waals surface area contributed by atoms with Crippen molar-refractivity contribution in [2.75, 3.05) is 30.4 Å². The highest BCUT2D eigenvalue weighted by Crippen LogP contribution is 2.17. The molecule has 0 spiro atoms. The van der Waals surface area contributed by atoms with Crippen molar-refractivity contribution < 1.29 is 0 Å². The van der Waals surface area contributed by atoms with Gasteiger partial charge in [0.1, 0.15) is 18.0 Å². The first-order valence-corrected chi connectivity index (χ1v) is 5.92. The van der Waals surface area contributed by atoms with E-state index in [2.05, 4.69) is 25.2 Å². The molecule has 0 atom stereocenters. The average molecular weight is 246 g/mol. The molecule has 96 valence electrons. The molecule has 0 aliphatic rings. The van der Waals surface area contributed by atoms with Crippen molar-refractivity contribution in [1.29, 1.82) is 0 Å². The molecular weight excluding hydrogens is 228 g/mol. The van der Waals surface area contributed by atoms with E-state index < -0.39 is 0 Å². The summed E-state index contributed by atoms with van der Waals surface area (Å²) in [6.07, 6.45) is 6.24. The van der Waals surface area contributed by atoms with Crippen molar-refractivity contribution in [3.05, 3.63) is 30.9 Å². The molecule has 0 saturated carbocycles. The summed E-state index contributed by atoms with van der Waals surface area (Å²) in [5.74, 6) is 1.66. The predicted octanol–water partition coefficient (Wildman–Crippen LogP) is 1.33. The van der Waals surface area contributed by atoms with E-state index in [-0.39, 0.29) is 0 Å². The Morgan fingerprint density at radius 1 is 1.44 bits per heavy atom. The van der Waals surface area contributed by atoms with Crippen LogP contribution in [0.5, 0.6) is 0 Å². The Kier molecular flexibility index (Phi) is 4.14. The molecule has 0 amide bonds. The number of anilines is 3. The second-order valence-electron chi connectivity index (χ2n) is 4.05. The zero-order valence-electron chi connectivity index (χ0n) is 10.4. The van der Waals surface area contributed by atoms with Crippen LogP contribution in [0, 0.1) is 0 Å². The molecule has 0 radical (unpaired) electrons. The van der Waals surface area contributed by atoms with E-state index in [1.165, 1.54) is 0 Å². The average Bonchev–Trinajstić information content (AvgIpc) is 2.89. The van der Waals surface area contributed by atoms with Crippen molar-refractivity contribution in [3.8, 4) is 0 Å². The lowest BCUT2D eigenvalue weighted by Gasteiger charge is -2.17. The third kappa shape index (κ3) is 3.21. The van der Waals surface area contributed by atoms with Crippen molar-refractivity contribution in [2.45, 2.75) is 6.42 Å². The fourth-order valence-corrected chi connectivity index (χ4v) is 1.62. The fraction of sp³-hybridized carbons (Fsp3) is 0.333. The molecule has 2 aromatic rings. The molecule has 0 saturated heterocycles. The summed E-state index contributed by atoms with van der Waals surface area (Å²) < 4.78 is 0. The van der Waals surface area contributed by atoms with E-state index in [9.17, 15) is 0 Å². The minimum atomic E-state index is 0.684. The lowest BCUT2D eigenvalue weighted by atomic mass is 10.4. The SMILES string of the molecule is CN(CCCN)c1cc(Nc2cc[nH]c2)ncn1. The van der Waals surface area contributed by atoms with Crippen LogP contribution in [0.4, 0.5) is 17.3 Å². The van der Waals surface area contributed by atoms with Crippen molar-refractivity contribution >= 4 is 17.3 Å². The minimum absolute atomic E-state index is 0.684. The van der Waals surface area contributed by atoms with Crippen molar-refractivity contribution in [2.24, 2.45) is 5.73 Å². The van der Waals surface area contributed by atoms with Gasteiger partial charge in [-0.05, 0) is 19.0 Å². The quantitative estimate of drug-likeness (QED) is 0.716. The highest BCUT2D eigenvalue weighted by Gasteiger charge is 2.04. The number of hydrogen-bond donors (Lipinski definition) is 3. The Morgan fingerprint density at radius 2 is 2.33 bits per heavy atom. The van der Waals surface area contributed by atoms with Crippen LogP contribution in [-0.2, 0) is 0 Å². The third-order valence-electron chi connectivity index (χ3n) is 2.61. The van der Waals surface area contributed by atoms with Crippen LogP contribution in [-0.4, -0.2) is 35.1 Å². The lowest BCUT2D eigenvalue weighted by molar-refractivity contribution is 0.785. The lowest BCUT2D eigenvalue weighted by Crippen LogP contribution is -2.22. The maximum atomic E-state index is 5.50. The van der Waals surface area contributed by atoms with Crippen LogP contribution < -0.4 is 16.0 Å². The van der Waals surface area contributed by atoms with Crippen molar-refractivity contribution in [3.63, 3.8) is 0 Å². The number of nitrogens with one attached hydrogen (secondary N) is 2. The molecule has 4 N–H and O–H groups in total. The summed E-state index contributed by atoms with van der Waals surface area (Å²) in [4.78, 5) is 13.5. The number of nitrogens with two attached hydrogens (primary N) is 1. The molecule has 6 heteroatoms. The number of hydrogen-bond acceptors (Lipinski definition) is 5. The van der Waals surface area contributed by atoms with Crippen LogP contribution in [0.1, 0.15) is 6.42 Å². The van der Waals surface area contributed by atoms with Gasteiger partial charge in [0.25, 0.3) is 0 Å². The second-order valence-corrected chi connectivity index (χ2v) is 4.05. The van der Waals surface area contributed by atoms with E-state index in [1.54, 1.807) is 6.33 Å². The molecule has 0 unspecified atom stereocenters. The van der Waals surface area contributed by atoms with Gasteiger partial charge in [0.15, 0.2) is 0 Å². The Hall–Kier alpha value is -2.08. The van der Waals surface area contributed by atoms with E-state index in [0.29, 0.717) is 6.54 Å². The van der Waals surface area contributed by atoms with Crippen molar-refractivity contribution in [1.82, 2.24) is 15.0 Å². The molecule has 0 aromatic carbocycles. The zero-order chi connectivity index (χ0) is 12.8. The van der Waals surface area contributed by atoms with Crippen LogP contribution >= 0.6 is 0 Å². The van der Waals surface area contributed by atoms with E-state index in [1.807, 2.05) is 31.6 Å². The van der Waals surface area contributed by atoms with Gasteiger partial charge in [-0.15, -0.1) is 0 Å². The third-order valence-corrected chi connectivity index (χ3v) is 2.61. The summed E-state index contributed by atoms with van der Waals surface area (Å²) in [5.41, 5.74) is 6.48. The molecule has 0 fully saturated rings. The molecule has 2 aromatic heterocycles. The number of nitrogens with zero attached hydrogens (tertiary/aromatic N) is 3. The molecule has 0 bridgehead atoms. The monoisotopic (exact) mass is 246 g/mol. The maximum Gasteiger partial charge on any atom is 0.135 e. The van der Waals surface area contributed by atoms with Gasteiger partial charge in [0.05, 0.1) is 5.69 Å². The molecular formula is C12H18N6. The van der Waals surface area contributed by atoms with Gasteiger partial charge in [-0.2, -0.15) is 0 Å². The highest BCUT2D eigenvalue weighted by molar-refractivity contribution is 5.58. The van der Waals surface area contributed by atoms with E-state index in [0.717, 1.165) is 30.3 Å². The molecule has 2 heterocycles. The summed E-state index contributed by atoms with van der Waals surface area (Å²) in [7, 11) is 2.00. The van der Waals surface area contributed by atoms with Gasteiger partial charge in [0.2, 0.25) is 0 Å². The molecule has 6 nitrogen and oxygen atoms in total. The van der Waals surface area contributed by atoms with Gasteiger partial charge < -0.3 is 20.9 Å². The highest BCUT2D eigenvalue weighted by atomic mass is 15.2. The van der Waals surface area contributed by atoms with E-state index in [4.69, 9.17) is 5.73 Å². The standard InChI is InChI=1S/C12H18N6/c1-18(6-2-4-13)12-7-11(15-9-16-12)17-10-3-5-14-8-10/h3,5,7-9,14H,2,4,6,13H2,1H3,(H,15,16,17). The minimum Gasteiger partial charge on any atom is -0.366 e. The zero-order valence-corrected chi connectivity index (χ0v) is 10.4. The molecule has 2 rings (SSSR count). The molecule has 0 aliphatic carbocycles. The van der Waals surface area contributed by atoms with Crippen LogP contribution in [0.15, 0.2) is 30.9 Å². The summed E-state index contributed by atoms with van der Waals surface area (Å²) >= 11 is 0. The number of aromatic nitrogens is 3. The molecule has 0 aliphatic heterocycles. The first-order chi connectivity index (χ1) is 8.79. The maximum absolute atomic E-state index is 5.50. The van der Waals surface area contributed by atoms with Gasteiger partial charge in [-0.3, -0.25) is 0 Å². The largest absolute Gasteiger partial charge is 0.366 e. The first kappa shape index (κ1) is 12.4. The molecule has 18 heavy (non-hydrogen) atoms. The summed E-state index contributed by atoms with van der Waals surface area (Å²) in [6.45, 7) is 1.57. The topological polar surface area (TPSA) is 82.9 Å². The van der Waals surface area contributed by atoms with Gasteiger partial charge in [-0.1, -0.05) is 0 Å². The Balaban J connectivity index is 2.05. The summed E-state index contributed by atoms with van der Waals surface area (Å²) in [5, 5.41) is 3.20. The Morgan fingerprint density at radius 3 is 3.06 bits per heavy atom. The van der Waals surface area contributed by atoms with Crippen LogP contribution in [0.25, 0.3) is 0 Å². The number of H-pyrrole nitrogens is 1. The van der Waals surface area contributed by atoms with Crippen LogP contribution in [0.3, 0.4) is 0 Å². The first-order valence-electron chi connectivity index (χ1n) is 5.92.